The summed E-state index contributed by atoms with van der Waals surface area (Å²) in [4.78, 5) is 25.8. The number of fused-ring (bicyclic) bond motifs is 1. The highest BCUT2D eigenvalue weighted by atomic mass is 32.1. The Labute approximate surface area is 222 Å². The van der Waals surface area contributed by atoms with E-state index < -0.39 is 12.1 Å². The minimum atomic E-state index is -0.834. The van der Waals surface area contributed by atoms with Gasteiger partial charge in [0.15, 0.2) is 0 Å². The van der Waals surface area contributed by atoms with E-state index in [4.69, 9.17) is 9.84 Å². The van der Waals surface area contributed by atoms with Gasteiger partial charge in [0.1, 0.15) is 11.9 Å². The number of aromatic nitrogens is 2. The van der Waals surface area contributed by atoms with Gasteiger partial charge in [-0.15, -0.1) is 22.7 Å². The van der Waals surface area contributed by atoms with E-state index in [1.54, 1.807) is 40.6 Å². The van der Waals surface area contributed by atoms with Crippen molar-refractivity contribution in [1.29, 1.82) is 0 Å². The molecule has 0 bridgehead atoms. The number of ether oxygens (including phenoxy) is 1. The van der Waals surface area contributed by atoms with E-state index in [1.807, 2.05) is 62.4 Å². The summed E-state index contributed by atoms with van der Waals surface area (Å²) in [5.41, 5.74) is 4.69. The molecule has 2 aromatic carbocycles. The number of thiophene rings is 2. The summed E-state index contributed by atoms with van der Waals surface area (Å²) in [6.45, 7) is 3.84. The average Bonchev–Trinajstić information content (AvgIpc) is 3.53. The minimum absolute atomic E-state index is 0.0181. The average molecular weight is 532 g/mol. The second-order valence-electron chi connectivity index (χ2n) is 8.78. The molecule has 188 valence electrons. The fourth-order valence-electron chi connectivity index (χ4n) is 4.23. The van der Waals surface area contributed by atoms with Gasteiger partial charge < -0.3 is 9.84 Å². The lowest BCUT2D eigenvalue weighted by molar-refractivity contribution is -0.136. The number of carbonyl (C=O) groups is 2. The highest BCUT2D eigenvalue weighted by Gasteiger charge is 2.19. The quantitative estimate of drug-likeness (QED) is 0.230. The third kappa shape index (κ3) is 5.28. The van der Waals surface area contributed by atoms with E-state index in [2.05, 4.69) is 22.5 Å². The van der Waals surface area contributed by atoms with Crippen molar-refractivity contribution >= 4 is 50.0 Å². The molecule has 37 heavy (non-hydrogen) atoms. The molecule has 0 aliphatic rings. The lowest BCUT2D eigenvalue weighted by Crippen LogP contribution is -2.18. The number of carboxylic acid groups (broad SMARTS) is 1. The molecule has 5 rings (SSSR count). The maximum absolute atomic E-state index is 12.7. The molecule has 0 saturated carbocycles. The highest BCUT2D eigenvalue weighted by Crippen LogP contribution is 2.44. The fourth-order valence-corrected chi connectivity index (χ4v) is 6.73. The Morgan fingerprint density at radius 1 is 1.03 bits per heavy atom. The molecule has 0 aliphatic carbocycles. The fraction of sp³-hybridized carbons (Fsp3) is 0.179. The Kier molecular flexibility index (Phi) is 6.82. The molecular weight excluding hydrogens is 506 g/mol. The lowest BCUT2D eigenvalue weighted by atomic mass is 10.0. The normalized spacial score (nSPS) is 12.0. The minimum Gasteiger partial charge on any atom is -0.481 e. The van der Waals surface area contributed by atoms with Crippen LogP contribution in [-0.2, 0) is 23.0 Å². The molecule has 3 heterocycles. The third-order valence-electron chi connectivity index (χ3n) is 6.10. The van der Waals surface area contributed by atoms with Crippen molar-refractivity contribution < 1.29 is 19.4 Å². The van der Waals surface area contributed by atoms with Gasteiger partial charge in [-0.2, -0.15) is 5.10 Å². The zero-order valence-corrected chi connectivity index (χ0v) is 22.2. The summed E-state index contributed by atoms with van der Waals surface area (Å²) >= 11 is 3.32. The van der Waals surface area contributed by atoms with E-state index in [1.165, 1.54) is 0 Å². The van der Waals surface area contributed by atoms with Gasteiger partial charge in [0.05, 0.1) is 18.2 Å². The van der Waals surface area contributed by atoms with E-state index in [-0.39, 0.29) is 12.5 Å². The van der Waals surface area contributed by atoms with Crippen molar-refractivity contribution in [3.05, 3.63) is 83.6 Å². The number of carboxylic acids is 1. The van der Waals surface area contributed by atoms with Crippen molar-refractivity contribution in [3.63, 3.8) is 0 Å². The van der Waals surface area contributed by atoms with Crippen LogP contribution < -0.4 is 5.32 Å². The van der Waals surface area contributed by atoms with Gasteiger partial charge >= 0.3 is 12.1 Å². The standard InChI is InChI=1S/C28H25N3O4S2/c1-16-11-18(12-26(32)33)9-10-20(16)22-13-24-25(36-22)14-23(37-24)21-15-29-31(3)27(21)30-28(34)35-17(2)19-7-5-4-6-8-19/h4-11,13-15,17H,12H2,1-3H3,(H,30,34)(H,32,33)/t17-/m1/s1. The van der Waals surface area contributed by atoms with Gasteiger partial charge in [-0.1, -0.05) is 48.5 Å². The molecule has 0 unspecified atom stereocenters. The second-order valence-corrected chi connectivity index (χ2v) is 11.0. The van der Waals surface area contributed by atoms with Gasteiger partial charge in [0.2, 0.25) is 0 Å². The predicted octanol–water partition coefficient (Wildman–Crippen LogP) is 7.28. The van der Waals surface area contributed by atoms with Crippen LogP contribution in [0.2, 0.25) is 0 Å². The Balaban J connectivity index is 1.36. The van der Waals surface area contributed by atoms with E-state index in [0.29, 0.717) is 5.82 Å². The van der Waals surface area contributed by atoms with Crippen LogP contribution in [0.3, 0.4) is 0 Å². The molecule has 1 atom stereocenters. The van der Waals surface area contributed by atoms with Crippen LogP contribution in [0.5, 0.6) is 0 Å². The molecule has 0 spiro atoms. The van der Waals surface area contributed by atoms with E-state index >= 15 is 0 Å². The molecule has 0 radical (unpaired) electrons. The maximum Gasteiger partial charge on any atom is 0.413 e. The van der Waals surface area contributed by atoms with Crippen LogP contribution in [0.4, 0.5) is 10.6 Å². The molecule has 9 heteroatoms. The summed E-state index contributed by atoms with van der Waals surface area (Å²) in [5.74, 6) is -0.260. The molecule has 2 N–H and O–H groups in total. The van der Waals surface area contributed by atoms with Crippen LogP contribution in [0.1, 0.15) is 29.7 Å². The number of rotatable bonds is 7. The number of aryl methyl sites for hydroxylation is 2. The van der Waals surface area contributed by atoms with Gasteiger partial charge in [-0.3, -0.25) is 14.8 Å². The van der Waals surface area contributed by atoms with Crippen LogP contribution in [0.25, 0.3) is 30.3 Å². The highest BCUT2D eigenvalue weighted by molar-refractivity contribution is 7.31. The Morgan fingerprint density at radius 3 is 2.35 bits per heavy atom. The van der Waals surface area contributed by atoms with E-state index in [0.717, 1.165) is 47.0 Å². The summed E-state index contributed by atoms with van der Waals surface area (Å²) in [5, 5.41) is 16.3. The largest absolute Gasteiger partial charge is 0.481 e. The molecule has 1 amide bonds. The number of anilines is 1. The molecule has 0 fully saturated rings. The number of hydrogen-bond donors (Lipinski definition) is 2. The second kappa shape index (κ2) is 10.2. The SMILES string of the molecule is Cc1cc(CC(=O)O)ccc1-c1cc2sc(-c3cnn(C)c3NC(=O)O[C@H](C)c3ccccc3)cc2s1. The Bertz CT molecular complexity index is 1570. The van der Waals surface area contributed by atoms with Crippen molar-refractivity contribution in [1.82, 2.24) is 9.78 Å². The molecule has 5 aromatic rings. The smallest absolute Gasteiger partial charge is 0.413 e. The number of nitrogens with one attached hydrogen (secondary N) is 1. The molecule has 3 aromatic heterocycles. The first-order valence-electron chi connectivity index (χ1n) is 11.7. The van der Waals surface area contributed by atoms with Crippen molar-refractivity contribution in [2.45, 2.75) is 26.4 Å². The number of nitrogens with zero attached hydrogens (tertiary/aromatic N) is 2. The predicted molar refractivity (Wildman–Crippen MR) is 148 cm³/mol. The number of aliphatic carboxylic acids is 1. The summed E-state index contributed by atoms with van der Waals surface area (Å²) in [6.07, 6.45) is 0.843. The number of hydrogen-bond acceptors (Lipinski definition) is 6. The van der Waals surface area contributed by atoms with Crippen LogP contribution in [0.15, 0.2) is 66.9 Å². The van der Waals surface area contributed by atoms with Crippen molar-refractivity contribution in [3.8, 4) is 20.9 Å². The van der Waals surface area contributed by atoms with Crippen molar-refractivity contribution in [2.75, 3.05) is 5.32 Å². The Hall–Kier alpha value is -3.95. The lowest BCUT2D eigenvalue weighted by Gasteiger charge is -2.14. The number of amides is 1. The summed E-state index contributed by atoms with van der Waals surface area (Å²) < 4.78 is 9.49. The number of benzene rings is 2. The van der Waals surface area contributed by atoms with Gasteiger partial charge in [-0.25, -0.2) is 4.79 Å². The molecule has 0 aliphatic heterocycles. The van der Waals surface area contributed by atoms with Gasteiger partial charge in [0, 0.05) is 26.2 Å². The molecule has 7 nitrogen and oxygen atoms in total. The van der Waals surface area contributed by atoms with E-state index in [9.17, 15) is 9.59 Å². The first-order valence-corrected chi connectivity index (χ1v) is 13.3. The zero-order valence-electron chi connectivity index (χ0n) is 20.5. The van der Waals surface area contributed by atoms with Crippen molar-refractivity contribution in [2.24, 2.45) is 7.05 Å². The molecule has 0 saturated heterocycles. The monoisotopic (exact) mass is 531 g/mol. The summed E-state index contributed by atoms with van der Waals surface area (Å²) in [6, 6.07) is 19.7. The van der Waals surface area contributed by atoms with Gasteiger partial charge in [-0.05, 0) is 48.2 Å². The summed E-state index contributed by atoms with van der Waals surface area (Å²) in [7, 11) is 1.78. The zero-order chi connectivity index (χ0) is 26.1. The van der Waals surface area contributed by atoms with Gasteiger partial charge in [0.25, 0.3) is 0 Å². The molecular formula is C28H25N3O4S2. The van der Waals surface area contributed by atoms with Crippen LogP contribution in [0, 0.1) is 6.92 Å². The van der Waals surface area contributed by atoms with Crippen LogP contribution >= 0.6 is 22.7 Å². The first-order chi connectivity index (χ1) is 17.8. The maximum atomic E-state index is 12.7. The Morgan fingerprint density at radius 2 is 1.70 bits per heavy atom. The van der Waals surface area contributed by atoms with Crippen LogP contribution in [-0.4, -0.2) is 26.9 Å². The third-order valence-corrected chi connectivity index (χ3v) is 8.46. The number of carbonyl (C=O) groups excluding carboxylic acids is 1. The first kappa shape index (κ1) is 24.7. The topological polar surface area (TPSA) is 93.5 Å².